The number of aryl methyl sites for hydroxylation is 2. The minimum absolute atomic E-state index is 0. The van der Waals surface area contributed by atoms with Gasteiger partial charge in [-0.25, -0.2) is 9.97 Å². The van der Waals surface area contributed by atoms with Crippen LogP contribution in [-0.2, 0) is 30.9 Å². The van der Waals surface area contributed by atoms with E-state index in [1.54, 1.807) is 0 Å². The van der Waals surface area contributed by atoms with E-state index in [-0.39, 0.29) is 30.9 Å². The molecule has 267 valence electrons. The van der Waals surface area contributed by atoms with Crippen LogP contribution in [0.25, 0.3) is 67.2 Å². The van der Waals surface area contributed by atoms with Crippen LogP contribution in [0, 0.1) is 19.9 Å². The number of aromatic nitrogens is 3. The van der Waals surface area contributed by atoms with Crippen molar-refractivity contribution in [3.8, 4) is 67.2 Å². The summed E-state index contributed by atoms with van der Waals surface area (Å²) in [5, 5.41) is 0. The molecule has 0 fully saturated rings. The van der Waals surface area contributed by atoms with Gasteiger partial charge >= 0.3 is 0 Å². The maximum Gasteiger partial charge on any atom is 0.161 e. The first-order chi connectivity index (χ1) is 24.8. The third kappa shape index (κ3) is 8.30. The van der Waals surface area contributed by atoms with Crippen LogP contribution in [-0.4, -0.2) is 15.0 Å². The van der Waals surface area contributed by atoms with Crippen LogP contribution in [0.15, 0.2) is 134 Å². The third-order valence-electron chi connectivity index (χ3n) is 9.54. The quantitative estimate of drug-likeness (QED) is 0.156. The van der Waals surface area contributed by atoms with Gasteiger partial charge in [0, 0.05) is 42.7 Å². The zero-order valence-electron chi connectivity index (χ0n) is 31.9. The van der Waals surface area contributed by atoms with Crippen molar-refractivity contribution in [2.45, 2.75) is 66.2 Å². The Labute approximate surface area is 329 Å². The zero-order valence-corrected chi connectivity index (χ0v) is 34.3. The Kier molecular flexibility index (Phi) is 10.8. The van der Waals surface area contributed by atoms with Crippen molar-refractivity contribution in [3.63, 3.8) is 0 Å². The minimum atomic E-state index is -0.104. The van der Waals surface area contributed by atoms with Crippen LogP contribution < -0.4 is 0 Å². The maximum atomic E-state index is 5.01. The molecule has 0 N–H and O–H groups in total. The normalized spacial score (nSPS) is 11.6. The molecule has 7 rings (SSSR count). The summed E-state index contributed by atoms with van der Waals surface area (Å²) in [6, 6.07) is 49.2. The largest absolute Gasteiger partial charge is 0.304 e. The molecular weight excluding hydrogens is 823 g/mol. The summed E-state index contributed by atoms with van der Waals surface area (Å²) >= 11 is 0. The van der Waals surface area contributed by atoms with Crippen molar-refractivity contribution < 1.29 is 20.1 Å². The van der Waals surface area contributed by atoms with Crippen molar-refractivity contribution >= 4 is 0 Å². The van der Waals surface area contributed by atoms with E-state index in [9.17, 15) is 0 Å². The molecule has 0 aliphatic rings. The van der Waals surface area contributed by atoms with E-state index in [2.05, 4.69) is 189 Å². The molecule has 3 nitrogen and oxygen atoms in total. The van der Waals surface area contributed by atoms with Gasteiger partial charge in [-0.1, -0.05) is 172 Å². The van der Waals surface area contributed by atoms with Gasteiger partial charge in [-0.3, -0.25) is 0 Å². The molecule has 2 aromatic heterocycles. The number of hydrogen-bond acceptors (Lipinski definition) is 3. The van der Waals surface area contributed by atoms with Gasteiger partial charge in [0.25, 0.3) is 0 Å². The summed E-state index contributed by atoms with van der Waals surface area (Å²) < 4.78 is 0. The van der Waals surface area contributed by atoms with Crippen LogP contribution in [0.2, 0.25) is 0 Å². The van der Waals surface area contributed by atoms with E-state index in [1.807, 2.05) is 6.20 Å². The Morgan fingerprint density at radius 2 is 1.08 bits per heavy atom. The maximum absolute atomic E-state index is 5.01. The second-order valence-corrected chi connectivity index (χ2v) is 15.9. The smallest absolute Gasteiger partial charge is 0.161 e. The van der Waals surface area contributed by atoms with Crippen molar-refractivity contribution in [1.82, 2.24) is 15.0 Å². The summed E-state index contributed by atoms with van der Waals surface area (Å²) in [5.41, 5.74) is 16.4. The number of benzene rings is 5. The molecule has 2 heterocycles. The molecule has 53 heavy (non-hydrogen) atoms. The summed E-state index contributed by atoms with van der Waals surface area (Å²) in [7, 11) is 0. The molecule has 0 spiro atoms. The molecule has 4 heteroatoms. The molecule has 0 unspecified atom stereocenters. The molecule has 0 saturated heterocycles. The number of rotatable bonds is 6. The van der Waals surface area contributed by atoms with E-state index in [0.29, 0.717) is 5.82 Å². The monoisotopic (exact) mass is 869 g/mol. The summed E-state index contributed by atoms with van der Waals surface area (Å²) in [5.74, 6) is 0.706. The van der Waals surface area contributed by atoms with Gasteiger partial charge < -0.3 is 4.98 Å². The standard InChI is InChI=1S/C49H46N3.Ir/c1-32-25-33(2)27-39(26-32)40-19-12-13-20-41(40)42-23-21-37(29-43(42)36-18-14-17-35(28-36)34-15-10-9-11-16-34)44-24-22-38(31-50-44)47-51-45(48(3,4)5)30-46(52-47)49(6,7)8;/h9-20,22-31H,1-8H3;/q-1;. The third-order valence-corrected chi connectivity index (χ3v) is 9.54. The van der Waals surface area contributed by atoms with Crippen LogP contribution >= 0.6 is 0 Å². The van der Waals surface area contributed by atoms with Crippen molar-refractivity contribution in [3.05, 3.63) is 162 Å². The Morgan fingerprint density at radius 3 is 1.70 bits per heavy atom. The van der Waals surface area contributed by atoms with E-state index in [4.69, 9.17) is 15.0 Å². The minimum Gasteiger partial charge on any atom is -0.304 e. The average molecular weight is 869 g/mol. The number of nitrogens with zero attached hydrogens (tertiary/aromatic N) is 3. The first kappa shape index (κ1) is 37.7. The first-order valence-corrected chi connectivity index (χ1v) is 18.1. The van der Waals surface area contributed by atoms with Crippen molar-refractivity contribution in [1.29, 1.82) is 0 Å². The van der Waals surface area contributed by atoms with E-state index in [1.165, 1.54) is 38.9 Å². The zero-order chi connectivity index (χ0) is 36.6. The van der Waals surface area contributed by atoms with E-state index < -0.39 is 0 Å². The predicted molar refractivity (Wildman–Crippen MR) is 218 cm³/mol. The van der Waals surface area contributed by atoms with Crippen LogP contribution in [0.4, 0.5) is 0 Å². The van der Waals surface area contributed by atoms with Gasteiger partial charge in [0.05, 0.1) is 11.4 Å². The topological polar surface area (TPSA) is 38.7 Å². The Balaban J connectivity index is 0.00000481. The van der Waals surface area contributed by atoms with Gasteiger partial charge in [0.1, 0.15) is 0 Å². The summed E-state index contributed by atoms with van der Waals surface area (Å²) in [6.07, 6.45) is 1.90. The molecule has 0 bridgehead atoms. The fourth-order valence-electron chi connectivity index (χ4n) is 6.73. The number of pyridine rings is 1. The molecular formula is C49H46IrN3-. The van der Waals surface area contributed by atoms with Gasteiger partial charge in [-0.05, 0) is 59.5 Å². The Morgan fingerprint density at radius 1 is 0.472 bits per heavy atom. The molecule has 5 aromatic carbocycles. The fraction of sp³-hybridized carbons (Fsp3) is 0.204. The summed E-state index contributed by atoms with van der Waals surface area (Å²) in [6.45, 7) is 17.5. The van der Waals surface area contributed by atoms with Gasteiger partial charge in [0.15, 0.2) is 5.82 Å². The van der Waals surface area contributed by atoms with E-state index >= 15 is 0 Å². The Bertz CT molecular complexity index is 2330. The van der Waals surface area contributed by atoms with Crippen molar-refractivity contribution in [2.24, 2.45) is 0 Å². The van der Waals surface area contributed by atoms with Gasteiger partial charge in [0.2, 0.25) is 0 Å². The predicted octanol–water partition coefficient (Wildman–Crippen LogP) is 12.9. The summed E-state index contributed by atoms with van der Waals surface area (Å²) in [4.78, 5) is 15.0. The average Bonchev–Trinajstić information content (AvgIpc) is 3.14. The van der Waals surface area contributed by atoms with Gasteiger partial charge in [-0.15, -0.1) is 23.8 Å². The molecule has 0 saturated carbocycles. The molecule has 7 aromatic rings. The van der Waals surface area contributed by atoms with Crippen LogP contribution in [0.5, 0.6) is 0 Å². The SMILES string of the molecule is Cc1cc(C)cc(-c2ccccc2-c2c[c-]c(-c3ccc(-c4nc(C(C)(C)C)cc(C(C)(C)C)n4)cn3)cc2-c2cccc(-c3ccccc3)c2)c1.[Ir]. The second kappa shape index (κ2) is 15.1. The van der Waals surface area contributed by atoms with Crippen LogP contribution in [0.3, 0.4) is 0 Å². The molecule has 0 aliphatic carbocycles. The second-order valence-electron chi connectivity index (χ2n) is 15.9. The first-order valence-electron chi connectivity index (χ1n) is 18.1. The molecule has 1 radical (unpaired) electrons. The van der Waals surface area contributed by atoms with Crippen molar-refractivity contribution in [2.75, 3.05) is 0 Å². The fourth-order valence-corrected chi connectivity index (χ4v) is 6.73. The Hall–Kier alpha value is -5.02. The number of hydrogen-bond donors (Lipinski definition) is 0. The molecule has 0 aliphatic heterocycles. The van der Waals surface area contributed by atoms with E-state index in [0.717, 1.165) is 44.9 Å². The van der Waals surface area contributed by atoms with Gasteiger partial charge in [-0.2, -0.15) is 0 Å². The van der Waals surface area contributed by atoms with Crippen LogP contribution in [0.1, 0.15) is 64.1 Å². The molecule has 0 atom stereocenters. The molecule has 0 amide bonds.